The number of ether oxygens (including phenoxy) is 1. The van der Waals surface area contributed by atoms with Gasteiger partial charge in [-0.05, 0) is 32.1 Å². The number of carbonyl (C=O) groups excluding carboxylic acids is 1. The maximum atomic E-state index is 12.3. The summed E-state index contributed by atoms with van der Waals surface area (Å²) in [5.74, 6) is 0.409. The van der Waals surface area contributed by atoms with Gasteiger partial charge in [0.1, 0.15) is 6.10 Å². The minimum atomic E-state index is 0.0763. The molecule has 3 aliphatic heterocycles. The normalized spacial score (nSPS) is 42.1. The second-order valence-electron chi connectivity index (χ2n) is 5.19. The lowest BCUT2D eigenvalue weighted by Crippen LogP contribution is -2.45. The first-order valence-electron chi connectivity index (χ1n) is 6.44. The van der Waals surface area contributed by atoms with E-state index in [0.29, 0.717) is 17.9 Å². The molecule has 88 valence electrons. The Morgan fingerprint density at radius 2 is 2.19 bits per heavy atom. The number of ketones is 1. The summed E-state index contributed by atoms with van der Waals surface area (Å²) < 4.78 is 5.77. The summed E-state index contributed by atoms with van der Waals surface area (Å²) >= 11 is 0. The Bertz CT molecular complexity index is 337. The van der Waals surface area contributed by atoms with Crippen LogP contribution in [0.2, 0.25) is 0 Å². The van der Waals surface area contributed by atoms with E-state index in [9.17, 15) is 4.79 Å². The Morgan fingerprint density at radius 3 is 3.00 bits per heavy atom. The van der Waals surface area contributed by atoms with Crippen LogP contribution in [0, 0.1) is 5.92 Å². The van der Waals surface area contributed by atoms with Gasteiger partial charge >= 0.3 is 0 Å². The van der Waals surface area contributed by atoms with Crippen molar-refractivity contribution in [1.82, 2.24) is 5.32 Å². The van der Waals surface area contributed by atoms with E-state index in [0.717, 1.165) is 31.3 Å². The Morgan fingerprint density at radius 1 is 1.38 bits per heavy atom. The van der Waals surface area contributed by atoms with Gasteiger partial charge in [0.15, 0.2) is 5.78 Å². The van der Waals surface area contributed by atoms with Crippen LogP contribution < -0.4 is 5.32 Å². The monoisotopic (exact) mass is 221 g/mol. The van der Waals surface area contributed by atoms with Crippen molar-refractivity contribution < 1.29 is 9.53 Å². The molecule has 3 heteroatoms. The second kappa shape index (κ2) is 3.88. The first-order chi connectivity index (χ1) is 7.79. The number of rotatable bonds is 1. The van der Waals surface area contributed by atoms with E-state index in [4.69, 9.17) is 4.74 Å². The Kier molecular flexibility index (Phi) is 2.51. The van der Waals surface area contributed by atoms with Crippen molar-refractivity contribution in [1.29, 1.82) is 0 Å². The molecule has 2 saturated heterocycles. The fraction of sp³-hybridized carbons (Fsp3) is 0.769. The van der Waals surface area contributed by atoms with Gasteiger partial charge in [0.2, 0.25) is 0 Å². The molecule has 3 aliphatic rings. The molecule has 0 radical (unpaired) electrons. The smallest absolute Gasteiger partial charge is 0.170 e. The van der Waals surface area contributed by atoms with Gasteiger partial charge in [0, 0.05) is 17.7 Å². The van der Waals surface area contributed by atoms with E-state index in [1.165, 1.54) is 6.42 Å². The highest BCUT2D eigenvalue weighted by molar-refractivity contribution is 5.98. The van der Waals surface area contributed by atoms with Crippen LogP contribution in [0.15, 0.2) is 11.8 Å². The molecule has 0 aromatic heterocycles. The third-order valence-electron chi connectivity index (χ3n) is 4.29. The Labute approximate surface area is 96.2 Å². The zero-order valence-electron chi connectivity index (χ0n) is 9.74. The molecule has 0 amide bonds. The van der Waals surface area contributed by atoms with Gasteiger partial charge in [-0.1, -0.05) is 6.92 Å². The van der Waals surface area contributed by atoms with Crippen LogP contribution >= 0.6 is 0 Å². The van der Waals surface area contributed by atoms with Crippen molar-refractivity contribution in [2.45, 2.75) is 57.2 Å². The van der Waals surface area contributed by atoms with Crippen LogP contribution in [-0.2, 0) is 9.53 Å². The van der Waals surface area contributed by atoms with Crippen molar-refractivity contribution in [3.05, 3.63) is 11.8 Å². The number of hydrogen-bond donors (Lipinski definition) is 1. The molecule has 2 fully saturated rings. The molecule has 16 heavy (non-hydrogen) atoms. The van der Waals surface area contributed by atoms with Crippen molar-refractivity contribution >= 4 is 5.78 Å². The lowest BCUT2D eigenvalue weighted by molar-refractivity contribution is -0.126. The van der Waals surface area contributed by atoms with Crippen LogP contribution in [0.4, 0.5) is 0 Å². The van der Waals surface area contributed by atoms with E-state index >= 15 is 0 Å². The SMILES string of the molecule is CCC1=CO[C@@H]2CC[C@@H]3CC[C@H](N3)[C@H]2C1=O. The van der Waals surface area contributed by atoms with Gasteiger partial charge in [-0.25, -0.2) is 0 Å². The molecule has 0 unspecified atom stereocenters. The predicted molar refractivity (Wildman–Crippen MR) is 60.9 cm³/mol. The molecule has 3 heterocycles. The summed E-state index contributed by atoms with van der Waals surface area (Å²) in [7, 11) is 0. The quantitative estimate of drug-likeness (QED) is 0.733. The molecule has 4 atom stereocenters. The molecule has 2 bridgehead atoms. The summed E-state index contributed by atoms with van der Waals surface area (Å²) in [5.41, 5.74) is 0.869. The van der Waals surface area contributed by atoms with Gasteiger partial charge in [-0.2, -0.15) is 0 Å². The Balaban J connectivity index is 1.89. The highest BCUT2D eigenvalue weighted by Gasteiger charge is 2.45. The number of hydrogen-bond acceptors (Lipinski definition) is 3. The molecule has 0 saturated carbocycles. The minimum Gasteiger partial charge on any atom is -0.497 e. The molecule has 3 nitrogen and oxygen atoms in total. The van der Waals surface area contributed by atoms with Crippen molar-refractivity contribution in [2.75, 3.05) is 0 Å². The van der Waals surface area contributed by atoms with Gasteiger partial charge in [-0.15, -0.1) is 0 Å². The first-order valence-corrected chi connectivity index (χ1v) is 6.44. The molecular weight excluding hydrogens is 202 g/mol. The fourth-order valence-corrected chi connectivity index (χ4v) is 3.37. The van der Waals surface area contributed by atoms with Crippen LogP contribution in [0.25, 0.3) is 0 Å². The average molecular weight is 221 g/mol. The third-order valence-corrected chi connectivity index (χ3v) is 4.29. The lowest BCUT2D eigenvalue weighted by Gasteiger charge is -2.32. The average Bonchev–Trinajstić information content (AvgIpc) is 2.65. The summed E-state index contributed by atoms with van der Waals surface area (Å²) in [6, 6.07) is 0.984. The van der Waals surface area contributed by atoms with Gasteiger partial charge in [0.05, 0.1) is 12.2 Å². The van der Waals surface area contributed by atoms with E-state index in [1.807, 2.05) is 6.92 Å². The van der Waals surface area contributed by atoms with Crippen molar-refractivity contribution in [3.8, 4) is 0 Å². The van der Waals surface area contributed by atoms with Crippen LogP contribution in [-0.4, -0.2) is 24.0 Å². The van der Waals surface area contributed by atoms with E-state index in [-0.39, 0.29) is 12.0 Å². The maximum absolute atomic E-state index is 12.3. The molecule has 3 rings (SSSR count). The number of nitrogens with one attached hydrogen (secondary N) is 1. The topological polar surface area (TPSA) is 38.3 Å². The number of fused-ring (bicyclic) bond motifs is 4. The fourth-order valence-electron chi connectivity index (χ4n) is 3.37. The lowest BCUT2D eigenvalue weighted by atomic mass is 9.81. The molecule has 0 aromatic carbocycles. The minimum absolute atomic E-state index is 0.0763. The predicted octanol–water partition coefficient (Wildman–Crippen LogP) is 1.78. The van der Waals surface area contributed by atoms with E-state index in [2.05, 4.69) is 5.32 Å². The maximum Gasteiger partial charge on any atom is 0.170 e. The largest absolute Gasteiger partial charge is 0.497 e. The molecule has 0 spiro atoms. The summed E-state index contributed by atoms with van der Waals surface area (Å²) in [5, 5.41) is 3.60. The number of carbonyl (C=O) groups is 1. The first kappa shape index (κ1) is 10.3. The van der Waals surface area contributed by atoms with Gasteiger partial charge < -0.3 is 10.1 Å². The van der Waals surface area contributed by atoms with Gasteiger partial charge in [0.25, 0.3) is 0 Å². The summed E-state index contributed by atoms with van der Waals surface area (Å²) in [6.45, 7) is 2.02. The summed E-state index contributed by atoms with van der Waals surface area (Å²) in [6.07, 6.45) is 7.18. The molecule has 1 N–H and O–H groups in total. The van der Waals surface area contributed by atoms with Crippen molar-refractivity contribution in [3.63, 3.8) is 0 Å². The van der Waals surface area contributed by atoms with Gasteiger partial charge in [-0.3, -0.25) is 4.79 Å². The van der Waals surface area contributed by atoms with E-state index in [1.54, 1.807) is 6.26 Å². The highest BCUT2D eigenvalue weighted by atomic mass is 16.5. The Hall–Kier alpha value is -0.830. The van der Waals surface area contributed by atoms with Crippen LogP contribution in [0.1, 0.15) is 39.0 Å². The number of Topliss-reactive ketones (excluding diaryl/α,β-unsaturated/α-hetero) is 1. The van der Waals surface area contributed by atoms with Crippen LogP contribution in [0.3, 0.4) is 0 Å². The molecular formula is C13H19NO2. The standard InChI is InChI=1S/C13H19NO2/c1-2-8-7-16-11-6-4-9-3-5-10(14-9)12(11)13(8)15/h7,9-12,14H,2-6H2,1H3/t9-,10-,11+,12+/m0/s1. The van der Waals surface area contributed by atoms with Crippen LogP contribution in [0.5, 0.6) is 0 Å². The van der Waals surface area contributed by atoms with E-state index < -0.39 is 0 Å². The summed E-state index contributed by atoms with van der Waals surface area (Å²) in [4.78, 5) is 12.3. The molecule has 0 aromatic rings. The highest BCUT2D eigenvalue weighted by Crippen LogP contribution is 2.36. The third kappa shape index (κ3) is 1.49. The zero-order valence-corrected chi connectivity index (χ0v) is 9.74. The number of allylic oxidation sites excluding steroid dienone is 1. The van der Waals surface area contributed by atoms with Crippen molar-refractivity contribution in [2.24, 2.45) is 5.92 Å². The zero-order chi connectivity index (χ0) is 11.1. The second-order valence-corrected chi connectivity index (χ2v) is 5.19. The molecule has 0 aliphatic carbocycles.